The van der Waals surface area contributed by atoms with Gasteiger partial charge < -0.3 is 4.74 Å². The number of sulfonamides is 1. The molecule has 29 heavy (non-hydrogen) atoms. The molecule has 0 bridgehead atoms. The molecule has 0 aliphatic carbocycles. The standard InChI is InChI=1S/C19H17F2N3O4S/c1-28-15-5-2-13(3-6-15)17-11-19(25)24(12-22-17)9-8-23-29(26,27)18-7-4-14(20)10-16(18)21/h2-7,10-12,23H,8-9H2,1H3. The average Bonchev–Trinajstić information content (AvgIpc) is 2.69. The third kappa shape index (κ3) is 4.84. The van der Waals surface area contributed by atoms with Crippen LogP contribution >= 0.6 is 0 Å². The molecule has 0 radical (unpaired) electrons. The second-order valence-corrected chi connectivity index (χ2v) is 7.74. The van der Waals surface area contributed by atoms with Crippen molar-refractivity contribution >= 4 is 10.0 Å². The Morgan fingerprint density at radius 3 is 2.45 bits per heavy atom. The van der Waals surface area contributed by atoms with Gasteiger partial charge in [0.15, 0.2) is 0 Å². The average molecular weight is 421 g/mol. The van der Waals surface area contributed by atoms with Crippen LogP contribution in [0, 0.1) is 11.6 Å². The van der Waals surface area contributed by atoms with Crippen molar-refractivity contribution in [3.05, 3.63) is 76.8 Å². The van der Waals surface area contributed by atoms with Crippen LogP contribution in [-0.4, -0.2) is 31.6 Å². The highest BCUT2D eigenvalue weighted by Crippen LogP contribution is 2.19. The third-order valence-corrected chi connectivity index (χ3v) is 5.59. The summed E-state index contributed by atoms with van der Waals surface area (Å²) in [6, 6.07) is 10.5. The number of nitrogens with zero attached hydrogens (tertiary/aromatic N) is 2. The lowest BCUT2D eigenvalue weighted by atomic mass is 10.1. The fraction of sp³-hybridized carbons (Fsp3) is 0.158. The van der Waals surface area contributed by atoms with E-state index in [-0.39, 0.29) is 18.6 Å². The van der Waals surface area contributed by atoms with Gasteiger partial charge in [0.1, 0.15) is 22.3 Å². The lowest BCUT2D eigenvalue weighted by Gasteiger charge is -2.10. The Balaban J connectivity index is 1.68. The summed E-state index contributed by atoms with van der Waals surface area (Å²) in [7, 11) is -2.64. The number of halogens is 2. The van der Waals surface area contributed by atoms with E-state index in [4.69, 9.17) is 4.74 Å². The summed E-state index contributed by atoms with van der Waals surface area (Å²) in [5.74, 6) is -1.40. The molecule has 0 amide bonds. The molecule has 0 aliphatic rings. The van der Waals surface area contributed by atoms with E-state index < -0.39 is 26.6 Å². The molecule has 0 unspecified atom stereocenters. The van der Waals surface area contributed by atoms with Crippen LogP contribution in [0.4, 0.5) is 8.78 Å². The molecule has 1 aromatic heterocycles. The molecule has 10 heteroatoms. The van der Waals surface area contributed by atoms with Crippen molar-refractivity contribution in [2.45, 2.75) is 11.4 Å². The van der Waals surface area contributed by atoms with Crippen LogP contribution in [0.2, 0.25) is 0 Å². The summed E-state index contributed by atoms with van der Waals surface area (Å²) in [5.41, 5.74) is 0.809. The van der Waals surface area contributed by atoms with Gasteiger partial charge in [-0.3, -0.25) is 9.36 Å². The van der Waals surface area contributed by atoms with E-state index in [1.54, 1.807) is 31.4 Å². The Kier molecular flexibility index (Phi) is 6.04. The molecule has 1 N–H and O–H groups in total. The second-order valence-electron chi connectivity index (χ2n) is 6.01. The van der Waals surface area contributed by atoms with Crippen molar-refractivity contribution in [2.75, 3.05) is 13.7 Å². The fourth-order valence-electron chi connectivity index (χ4n) is 2.58. The minimum atomic E-state index is -4.19. The quantitative estimate of drug-likeness (QED) is 0.632. The molecule has 0 saturated heterocycles. The van der Waals surface area contributed by atoms with Crippen LogP contribution in [0.3, 0.4) is 0 Å². The predicted octanol–water partition coefficient (Wildman–Crippen LogP) is 2.18. The molecule has 2 aromatic carbocycles. The molecule has 0 aliphatic heterocycles. The first-order chi connectivity index (χ1) is 13.8. The predicted molar refractivity (Wildman–Crippen MR) is 102 cm³/mol. The Morgan fingerprint density at radius 1 is 1.10 bits per heavy atom. The van der Waals surface area contributed by atoms with Gasteiger partial charge in [0.05, 0.1) is 19.1 Å². The van der Waals surface area contributed by atoms with Gasteiger partial charge in [-0.1, -0.05) is 0 Å². The molecule has 3 aromatic rings. The van der Waals surface area contributed by atoms with Crippen molar-refractivity contribution in [3.8, 4) is 17.0 Å². The van der Waals surface area contributed by atoms with Gasteiger partial charge in [0.2, 0.25) is 10.0 Å². The first kappa shape index (κ1) is 20.6. The normalized spacial score (nSPS) is 11.4. The number of hydrogen-bond acceptors (Lipinski definition) is 5. The van der Waals surface area contributed by atoms with Crippen LogP contribution in [0.15, 0.2) is 64.5 Å². The summed E-state index contributed by atoms with van der Waals surface area (Å²) < 4.78 is 59.4. The van der Waals surface area contributed by atoms with Gasteiger partial charge in [-0.15, -0.1) is 0 Å². The van der Waals surface area contributed by atoms with Crippen LogP contribution in [0.5, 0.6) is 5.75 Å². The third-order valence-electron chi connectivity index (χ3n) is 4.09. The Morgan fingerprint density at radius 2 is 1.83 bits per heavy atom. The van der Waals surface area contributed by atoms with E-state index in [0.29, 0.717) is 17.5 Å². The number of aromatic nitrogens is 2. The highest BCUT2D eigenvalue weighted by molar-refractivity contribution is 7.89. The van der Waals surface area contributed by atoms with E-state index in [0.717, 1.165) is 17.7 Å². The van der Waals surface area contributed by atoms with E-state index >= 15 is 0 Å². The largest absolute Gasteiger partial charge is 0.497 e. The maximum absolute atomic E-state index is 13.7. The van der Waals surface area contributed by atoms with Crippen molar-refractivity contribution in [1.29, 1.82) is 0 Å². The molecule has 152 valence electrons. The molecule has 0 fully saturated rings. The Bertz CT molecular complexity index is 1180. The van der Waals surface area contributed by atoms with Crippen molar-refractivity contribution in [2.24, 2.45) is 0 Å². The first-order valence-corrected chi connectivity index (χ1v) is 9.94. The number of hydrogen-bond donors (Lipinski definition) is 1. The molecule has 0 atom stereocenters. The fourth-order valence-corrected chi connectivity index (χ4v) is 3.66. The lowest BCUT2D eigenvalue weighted by molar-refractivity contribution is 0.415. The van der Waals surface area contributed by atoms with Gasteiger partial charge >= 0.3 is 0 Å². The molecule has 3 rings (SSSR count). The van der Waals surface area contributed by atoms with E-state index in [2.05, 4.69) is 9.71 Å². The molecular weight excluding hydrogens is 404 g/mol. The molecule has 0 spiro atoms. The molecule has 1 heterocycles. The molecule has 0 saturated carbocycles. The van der Waals surface area contributed by atoms with Crippen LogP contribution in [-0.2, 0) is 16.6 Å². The van der Waals surface area contributed by atoms with E-state index in [9.17, 15) is 22.0 Å². The minimum absolute atomic E-state index is 0.0171. The zero-order chi connectivity index (χ0) is 21.0. The van der Waals surface area contributed by atoms with Gasteiger partial charge in [-0.2, -0.15) is 0 Å². The zero-order valence-electron chi connectivity index (χ0n) is 15.3. The van der Waals surface area contributed by atoms with Crippen molar-refractivity contribution in [1.82, 2.24) is 14.3 Å². The van der Waals surface area contributed by atoms with Gasteiger partial charge in [0, 0.05) is 30.8 Å². The van der Waals surface area contributed by atoms with Crippen LogP contribution < -0.4 is 15.0 Å². The Hall–Kier alpha value is -3.11. The number of methoxy groups -OCH3 is 1. The highest BCUT2D eigenvalue weighted by Gasteiger charge is 2.19. The number of nitrogens with one attached hydrogen (secondary N) is 1. The summed E-state index contributed by atoms with van der Waals surface area (Å²) >= 11 is 0. The van der Waals surface area contributed by atoms with Gasteiger partial charge in [-0.05, 0) is 36.4 Å². The number of benzene rings is 2. The summed E-state index contributed by atoms with van der Waals surface area (Å²) in [5, 5.41) is 0. The smallest absolute Gasteiger partial charge is 0.253 e. The lowest BCUT2D eigenvalue weighted by Crippen LogP contribution is -2.31. The monoisotopic (exact) mass is 421 g/mol. The summed E-state index contributed by atoms with van der Waals surface area (Å²) in [6.07, 6.45) is 1.30. The molecular formula is C19H17F2N3O4S. The number of ether oxygens (including phenoxy) is 1. The first-order valence-electron chi connectivity index (χ1n) is 8.46. The maximum Gasteiger partial charge on any atom is 0.253 e. The summed E-state index contributed by atoms with van der Waals surface area (Å²) in [4.78, 5) is 15.8. The van der Waals surface area contributed by atoms with Gasteiger partial charge in [0.25, 0.3) is 5.56 Å². The number of rotatable bonds is 7. The van der Waals surface area contributed by atoms with Crippen LogP contribution in [0.1, 0.15) is 0 Å². The van der Waals surface area contributed by atoms with Crippen molar-refractivity contribution in [3.63, 3.8) is 0 Å². The van der Waals surface area contributed by atoms with Crippen molar-refractivity contribution < 1.29 is 21.9 Å². The SMILES string of the molecule is COc1ccc(-c2cc(=O)n(CCNS(=O)(=O)c3ccc(F)cc3F)cn2)cc1. The minimum Gasteiger partial charge on any atom is -0.497 e. The molecule has 7 nitrogen and oxygen atoms in total. The van der Waals surface area contributed by atoms with Gasteiger partial charge in [-0.25, -0.2) is 26.9 Å². The second kappa shape index (κ2) is 8.50. The Labute approximate surface area is 165 Å². The van der Waals surface area contributed by atoms with E-state index in [1.807, 2.05) is 0 Å². The van der Waals surface area contributed by atoms with E-state index in [1.165, 1.54) is 17.0 Å². The summed E-state index contributed by atoms with van der Waals surface area (Å²) in [6.45, 7) is -0.195. The maximum atomic E-state index is 13.7. The topological polar surface area (TPSA) is 90.3 Å². The zero-order valence-corrected chi connectivity index (χ0v) is 16.1. The van der Waals surface area contributed by atoms with Crippen LogP contribution in [0.25, 0.3) is 11.3 Å². The highest BCUT2D eigenvalue weighted by atomic mass is 32.2.